The second-order valence-electron chi connectivity index (χ2n) is 8.49. The molecule has 1 aliphatic rings. The minimum atomic E-state index is -4.89. The fourth-order valence-electron chi connectivity index (χ4n) is 3.85. The minimum absolute atomic E-state index is 0.0179. The van der Waals surface area contributed by atoms with Crippen LogP contribution in [0.15, 0.2) is 30.5 Å². The second kappa shape index (κ2) is 10.3. The van der Waals surface area contributed by atoms with Crippen molar-refractivity contribution < 1.29 is 32.5 Å². The summed E-state index contributed by atoms with van der Waals surface area (Å²) in [6.45, 7) is 6.16. The van der Waals surface area contributed by atoms with E-state index in [1.54, 1.807) is 16.9 Å². The standard InChI is InChI=1S/C23H28F3N5O4/c1-14(2)31-22-19(12-28-31)21(30-3-5-33-6-4-30)10-20(29-22)15-7-17(34-13-16(32)11-27)9-18(8-15)35-23(24,25)26/h7-10,12,14,16,32H,3-6,11,13,27H2,1-2H3. The van der Waals surface area contributed by atoms with E-state index in [1.807, 2.05) is 19.9 Å². The lowest BCUT2D eigenvalue weighted by molar-refractivity contribution is -0.274. The van der Waals surface area contributed by atoms with Crippen LogP contribution >= 0.6 is 0 Å². The molecule has 1 atom stereocenters. The van der Waals surface area contributed by atoms with Gasteiger partial charge in [0.1, 0.15) is 24.2 Å². The van der Waals surface area contributed by atoms with Crippen LogP contribution in [0, 0.1) is 0 Å². The zero-order valence-electron chi connectivity index (χ0n) is 19.5. The number of ether oxygens (including phenoxy) is 3. The second-order valence-corrected chi connectivity index (χ2v) is 8.49. The lowest BCUT2D eigenvalue weighted by Gasteiger charge is -2.29. The Bertz CT molecular complexity index is 1160. The number of aliphatic hydroxyl groups is 1. The van der Waals surface area contributed by atoms with Crippen molar-refractivity contribution in [2.24, 2.45) is 5.73 Å². The monoisotopic (exact) mass is 495 g/mol. The number of nitrogens with two attached hydrogens (primary N) is 1. The number of morpholine rings is 1. The van der Waals surface area contributed by atoms with Crippen molar-refractivity contribution in [1.29, 1.82) is 0 Å². The zero-order valence-corrected chi connectivity index (χ0v) is 19.5. The Kier molecular flexibility index (Phi) is 7.33. The van der Waals surface area contributed by atoms with Crippen LogP contribution in [0.1, 0.15) is 19.9 Å². The molecule has 1 saturated heterocycles. The Morgan fingerprint density at radius 3 is 2.51 bits per heavy atom. The van der Waals surface area contributed by atoms with Crippen molar-refractivity contribution in [2.45, 2.75) is 32.4 Å². The topological polar surface area (TPSA) is 108 Å². The first-order chi connectivity index (χ1) is 16.6. The Labute approximate surface area is 200 Å². The van der Waals surface area contributed by atoms with Gasteiger partial charge in [0.25, 0.3) is 0 Å². The average Bonchev–Trinajstić information content (AvgIpc) is 3.25. The Hall–Kier alpha value is -3.09. The van der Waals surface area contributed by atoms with Crippen LogP contribution in [-0.4, -0.2) is 71.8 Å². The molecule has 0 amide bonds. The van der Waals surface area contributed by atoms with Gasteiger partial charge >= 0.3 is 6.36 Å². The number of nitrogens with zero attached hydrogens (tertiary/aromatic N) is 4. The largest absolute Gasteiger partial charge is 0.573 e. The van der Waals surface area contributed by atoms with Crippen LogP contribution in [0.2, 0.25) is 0 Å². The highest BCUT2D eigenvalue weighted by Gasteiger charge is 2.31. The molecule has 35 heavy (non-hydrogen) atoms. The van der Waals surface area contributed by atoms with Crippen molar-refractivity contribution >= 4 is 16.7 Å². The van der Waals surface area contributed by atoms with Crippen molar-refractivity contribution in [2.75, 3.05) is 44.4 Å². The number of halogens is 3. The SMILES string of the molecule is CC(C)n1ncc2c(N3CCOCC3)cc(-c3cc(OCC(O)CN)cc(OC(F)(F)F)c3)nc21. The predicted octanol–water partition coefficient (Wildman–Crippen LogP) is 3.11. The lowest BCUT2D eigenvalue weighted by Crippen LogP contribution is -2.36. The predicted molar refractivity (Wildman–Crippen MR) is 124 cm³/mol. The van der Waals surface area contributed by atoms with E-state index in [1.165, 1.54) is 6.07 Å². The third-order valence-electron chi connectivity index (χ3n) is 5.51. The van der Waals surface area contributed by atoms with E-state index < -0.39 is 18.2 Å². The number of anilines is 1. The summed E-state index contributed by atoms with van der Waals surface area (Å²) in [5.41, 5.74) is 7.67. The molecule has 0 spiro atoms. The summed E-state index contributed by atoms with van der Waals surface area (Å²) in [6.07, 6.45) is -4.10. The van der Waals surface area contributed by atoms with E-state index in [0.717, 1.165) is 17.1 Å². The number of hydrogen-bond acceptors (Lipinski definition) is 8. The third-order valence-corrected chi connectivity index (χ3v) is 5.51. The molecule has 12 heteroatoms. The van der Waals surface area contributed by atoms with E-state index in [2.05, 4.69) is 14.7 Å². The van der Waals surface area contributed by atoms with E-state index in [-0.39, 0.29) is 24.9 Å². The van der Waals surface area contributed by atoms with Gasteiger partial charge in [-0.2, -0.15) is 5.10 Å². The average molecular weight is 496 g/mol. The maximum atomic E-state index is 13.0. The van der Waals surface area contributed by atoms with Gasteiger partial charge in [-0.1, -0.05) is 0 Å². The molecule has 0 radical (unpaired) electrons. The van der Waals surface area contributed by atoms with Crippen molar-refractivity contribution in [3.63, 3.8) is 0 Å². The van der Waals surface area contributed by atoms with Gasteiger partial charge in [0.15, 0.2) is 5.65 Å². The van der Waals surface area contributed by atoms with Gasteiger partial charge in [-0.05, 0) is 32.0 Å². The highest BCUT2D eigenvalue weighted by atomic mass is 19.4. The molecule has 0 aliphatic carbocycles. The first kappa shape index (κ1) is 25.0. The molecule has 0 saturated carbocycles. The van der Waals surface area contributed by atoms with Crippen LogP contribution in [0.4, 0.5) is 18.9 Å². The molecular formula is C23H28F3N5O4. The molecule has 0 bridgehead atoms. The van der Waals surface area contributed by atoms with Crippen LogP contribution in [-0.2, 0) is 4.74 Å². The number of pyridine rings is 1. The fraction of sp³-hybridized carbons (Fsp3) is 0.478. The summed E-state index contributed by atoms with van der Waals surface area (Å²) in [5.74, 6) is -0.374. The molecule has 4 rings (SSSR count). The molecule has 2 aromatic heterocycles. The third kappa shape index (κ3) is 5.95. The summed E-state index contributed by atoms with van der Waals surface area (Å²) in [4.78, 5) is 6.90. The van der Waals surface area contributed by atoms with Crippen LogP contribution in [0.25, 0.3) is 22.3 Å². The number of aliphatic hydroxyl groups excluding tert-OH is 1. The molecule has 9 nitrogen and oxygen atoms in total. The van der Waals surface area contributed by atoms with Crippen molar-refractivity contribution in [1.82, 2.24) is 14.8 Å². The maximum Gasteiger partial charge on any atom is 0.573 e. The van der Waals surface area contributed by atoms with Gasteiger partial charge in [-0.25, -0.2) is 9.67 Å². The quantitative estimate of drug-likeness (QED) is 0.491. The number of rotatable bonds is 8. The highest BCUT2D eigenvalue weighted by Crippen LogP contribution is 2.36. The van der Waals surface area contributed by atoms with E-state index >= 15 is 0 Å². The van der Waals surface area contributed by atoms with Crippen molar-refractivity contribution in [3.05, 3.63) is 30.5 Å². The molecule has 1 aromatic carbocycles. The summed E-state index contributed by atoms with van der Waals surface area (Å²) in [6, 6.07) is 5.77. The normalized spacial score (nSPS) is 15.6. The van der Waals surface area contributed by atoms with Crippen LogP contribution in [0.5, 0.6) is 11.5 Å². The van der Waals surface area contributed by atoms with Crippen molar-refractivity contribution in [3.8, 4) is 22.8 Å². The number of fused-ring (bicyclic) bond motifs is 1. The molecular weight excluding hydrogens is 467 g/mol. The molecule has 1 fully saturated rings. The molecule has 3 aromatic rings. The van der Waals surface area contributed by atoms with Gasteiger partial charge in [0.2, 0.25) is 0 Å². The van der Waals surface area contributed by atoms with E-state index in [9.17, 15) is 18.3 Å². The highest BCUT2D eigenvalue weighted by molar-refractivity contribution is 5.92. The molecule has 190 valence electrons. The Morgan fingerprint density at radius 1 is 1.14 bits per heavy atom. The van der Waals surface area contributed by atoms with Gasteiger partial charge in [0, 0.05) is 37.3 Å². The smallest absolute Gasteiger partial charge is 0.491 e. The maximum absolute atomic E-state index is 13.0. The van der Waals surface area contributed by atoms with Gasteiger partial charge < -0.3 is 30.0 Å². The molecule has 3 N–H and O–H groups in total. The summed E-state index contributed by atoms with van der Waals surface area (Å²) in [5, 5.41) is 15.0. The molecule has 1 aliphatic heterocycles. The first-order valence-corrected chi connectivity index (χ1v) is 11.3. The van der Waals surface area contributed by atoms with Crippen LogP contribution < -0.4 is 20.1 Å². The molecule has 3 heterocycles. The van der Waals surface area contributed by atoms with Gasteiger partial charge in [-0.3, -0.25) is 0 Å². The first-order valence-electron chi connectivity index (χ1n) is 11.3. The number of alkyl halides is 3. The number of aromatic nitrogens is 3. The van der Waals surface area contributed by atoms with E-state index in [4.69, 9.17) is 20.2 Å². The number of benzene rings is 1. The van der Waals surface area contributed by atoms with E-state index in [0.29, 0.717) is 43.2 Å². The fourth-order valence-corrected chi connectivity index (χ4v) is 3.85. The van der Waals surface area contributed by atoms with Gasteiger partial charge in [-0.15, -0.1) is 13.2 Å². The Balaban J connectivity index is 1.84. The van der Waals surface area contributed by atoms with Gasteiger partial charge in [0.05, 0.1) is 36.2 Å². The lowest BCUT2D eigenvalue weighted by atomic mass is 10.1. The summed E-state index contributed by atoms with van der Waals surface area (Å²) in [7, 11) is 0. The summed E-state index contributed by atoms with van der Waals surface area (Å²) < 4.78 is 56.0. The Morgan fingerprint density at radius 2 is 1.86 bits per heavy atom. The summed E-state index contributed by atoms with van der Waals surface area (Å²) >= 11 is 0. The minimum Gasteiger partial charge on any atom is -0.491 e. The molecule has 1 unspecified atom stereocenters. The zero-order chi connectivity index (χ0) is 25.2. The number of hydrogen-bond donors (Lipinski definition) is 2. The van der Waals surface area contributed by atoms with Crippen LogP contribution in [0.3, 0.4) is 0 Å².